The van der Waals surface area contributed by atoms with Gasteiger partial charge in [0.05, 0.1) is 29.7 Å². The van der Waals surface area contributed by atoms with Gasteiger partial charge in [-0.05, 0) is 68.1 Å². The van der Waals surface area contributed by atoms with Gasteiger partial charge in [-0.15, -0.1) is 0 Å². The predicted octanol–water partition coefficient (Wildman–Crippen LogP) is 6.85. The van der Waals surface area contributed by atoms with E-state index in [-0.39, 0.29) is 11.6 Å². The maximum atomic E-state index is 14.0. The van der Waals surface area contributed by atoms with E-state index in [2.05, 4.69) is 5.32 Å². The third kappa shape index (κ3) is 5.70. The number of fused-ring (bicyclic) bond motifs is 1. The van der Waals surface area contributed by atoms with Crippen LogP contribution >= 0.6 is 0 Å². The Balaban J connectivity index is 1.64. The number of nitrogens with one attached hydrogen (secondary N) is 1. The molecule has 0 spiro atoms. The van der Waals surface area contributed by atoms with E-state index in [0.29, 0.717) is 41.1 Å². The van der Waals surface area contributed by atoms with Gasteiger partial charge in [-0.25, -0.2) is 9.78 Å². The van der Waals surface area contributed by atoms with Crippen molar-refractivity contribution in [3.05, 3.63) is 130 Å². The molecule has 41 heavy (non-hydrogen) atoms. The van der Waals surface area contributed by atoms with Crippen LogP contribution in [0.1, 0.15) is 35.5 Å². The normalized spacial score (nSPS) is 11.7. The molecule has 0 bridgehead atoms. The quantitative estimate of drug-likeness (QED) is 0.231. The molecule has 0 fully saturated rings. The van der Waals surface area contributed by atoms with Gasteiger partial charge in [0.2, 0.25) is 0 Å². The number of nitrogens with zero attached hydrogens (tertiary/aromatic N) is 3. The number of anilines is 1. The molecular weight excluding hydrogens is 512 g/mol. The number of methoxy groups -OCH3 is 1. The Kier molecular flexibility index (Phi) is 8.15. The molecule has 5 rings (SSSR count). The number of amides is 2. The zero-order valence-electron chi connectivity index (χ0n) is 23.8. The van der Waals surface area contributed by atoms with Gasteiger partial charge in [0, 0.05) is 12.2 Å². The molecule has 2 amide bonds. The van der Waals surface area contributed by atoms with Gasteiger partial charge >= 0.3 is 6.03 Å². The third-order valence-electron chi connectivity index (χ3n) is 7.43. The van der Waals surface area contributed by atoms with E-state index >= 15 is 0 Å². The van der Waals surface area contributed by atoms with Crippen molar-refractivity contribution < 1.29 is 9.53 Å². The van der Waals surface area contributed by atoms with E-state index in [1.54, 1.807) is 22.6 Å². The van der Waals surface area contributed by atoms with Crippen LogP contribution in [0.15, 0.2) is 102 Å². The fourth-order valence-electron chi connectivity index (χ4n) is 5.17. The van der Waals surface area contributed by atoms with Crippen LogP contribution in [0.2, 0.25) is 0 Å². The Morgan fingerprint density at radius 3 is 2.29 bits per heavy atom. The van der Waals surface area contributed by atoms with Gasteiger partial charge in [0.25, 0.3) is 5.56 Å². The van der Waals surface area contributed by atoms with Crippen molar-refractivity contribution in [2.45, 2.75) is 33.2 Å². The van der Waals surface area contributed by atoms with E-state index in [1.807, 2.05) is 112 Å². The molecular formula is C34H34N4O3. The number of rotatable bonds is 8. The van der Waals surface area contributed by atoms with Gasteiger partial charge in [0.15, 0.2) is 0 Å². The van der Waals surface area contributed by atoms with Gasteiger partial charge in [-0.3, -0.25) is 9.36 Å². The monoisotopic (exact) mass is 546 g/mol. The lowest BCUT2D eigenvalue weighted by atomic mass is 10.1. The van der Waals surface area contributed by atoms with E-state index in [4.69, 9.17) is 9.72 Å². The fourth-order valence-corrected chi connectivity index (χ4v) is 5.17. The maximum Gasteiger partial charge on any atom is 0.322 e. The Bertz CT molecular complexity index is 1730. The largest absolute Gasteiger partial charge is 0.495 e. The van der Waals surface area contributed by atoms with E-state index < -0.39 is 6.04 Å². The third-order valence-corrected chi connectivity index (χ3v) is 7.43. The highest BCUT2D eigenvalue weighted by Crippen LogP contribution is 2.29. The molecule has 0 saturated carbocycles. The molecule has 4 aromatic carbocycles. The van der Waals surface area contributed by atoms with Crippen molar-refractivity contribution in [3.63, 3.8) is 0 Å². The molecule has 0 radical (unpaired) electrons. The van der Waals surface area contributed by atoms with E-state index in [1.165, 1.54) is 0 Å². The minimum absolute atomic E-state index is 0.222. The van der Waals surface area contributed by atoms with Gasteiger partial charge < -0.3 is 15.0 Å². The summed E-state index contributed by atoms with van der Waals surface area (Å²) in [6.45, 7) is 6.28. The summed E-state index contributed by atoms with van der Waals surface area (Å²) < 4.78 is 7.22. The summed E-state index contributed by atoms with van der Waals surface area (Å²) in [5.74, 6) is 0.985. The van der Waals surface area contributed by atoms with Gasteiger partial charge in [-0.1, -0.05) is 72.8 Å². The van der Waals surface area contributed by atoms with Gasteiger partial charge in [0.1, 0.15) is 11.6 Å². The molecule has 0 aliphatic rings. The highest BCUT2D eigenvalue weighted by atomic mass is 16.5. The molecule has 208 valence electrons. The number of ether oxygens (including phenoxy) is 1. The number of aryl methyl sites for hydroxylation is 2. The maximum absolute atomic E-state index is 14.0. The standard InChI is InChI=1S/C34H34N4O3/c1-23-13-12-14-24(2)31(23)36-34(40)37(22-21-26-15-6-5-7-16-26)25(3)32-35-28-18-9-8-17-27(28)33(39)38(32)29-19-10-11-20-30(29)41-4/h5-20,25H,21-22H2,1-4H3,(H,36,40). The molecule has 1 N–H and O–H groups in total. The zero-order chi connectivity index (χ0) is 28.9. The Hall–Kier alpha value is -4.91. The number of hydrogen-bond acceptors (Lipinski definition) is 4. The zero-order valence-corrected chi connectivity index (χ0v) is 23.8. The summed E-state index contributed by atoms with van der Waals surface area (Å²) in [4.78, 5) is 34.8. The smallest absolute Gasteiger partial charge is 0.322 e. The molecule has 1 aromatic heterocycles. The van der Waals surface area contributed by atoms with Crippen molar-refractivity contribution in [1.82, 2.24) is 14.5 Å². The average Bonchev–Trinajstić information content (AvgIpc) is 2.99. The lowest BCUT2D eigenvalue weighted by molar-refractivity contribution is 0.190. The average molecular weight is 547 g/mol. The van der Waals surface area contributed by atoms with Crippen molar-refractivity contribution in [1.29, 1.82) is 0 Å². The van der Waals surface area contributed by atoms with E-state index in [0.717, 1.165) is 22.4 Å². The molecule has 1 atom stereocenters. The molecule has 1 unspecified atom stereocenters. The lowest BCUT2D eigenvalue weighted by Crippen LogP contribution is -2.41. The second-order valence-electron chi connectivity index (χ2n) is 10.1. The topological polar surface area (TPSA) is 76.5 Å². The second kappa shape index (κ2) is 12.1. The minimum atomic E-state index is -0.565. The van der Waals surface area contributed by atoms with Crippen LogP contribution in [0.25, 0.3) is 16.6 Å². The van der Waals surface area contributed by atoms with Crippen LogP contribution in [0.5, 0.6) is 5.75 Å². The SMILES string of the molecule is COc1ccccc1-n1c(C(C)N(CCc2ccccc2)C(=O)Nc2c(C)cccc2C)nc2ccccc2c1=O. The van der Waals surface area contributed by atoms with Crippen molar-refractivity contribution in [2.24, 2.45) is 0 Å². The Morgan fingerprint density at radius 1 is 0.902 bits per heavy atom. The molecule has 0 aliphatic carbocycles. The lowest BCUT2D eigenvalue weighted by Gasteiger charge is -2.31. The summed E-state index contributed by atoms with van der Waals surface area (Å²) in [6, 6.07) is 29.8. The number of urea groups is 1. The fraction of sp³-hybridized carbons (Fsp3) is 0.206. The summed E-state index contributed by atoms with van der Waals surface area (Å²) in [7, 11) is 1.57. The van der Waals surface area contributed by atoms with Crippen molar-refractivity contribution >= 4 is 22.6 Å². The van der Waals surface area contributed by atoms with Crippen LogP contribution in [0, 0.1) is 13.8 Å². The molecule has 5 aromatic rings. The van der Waals surface area contributed by atoms with E-state index in [9.17, 15) is 9.59 Å². The van der Waals surface area contributed by atoms with Crippen molar-refractivity contribution in [2.75, 3.05) is 19.0 Å². The highest BCUT2D eigenvalue weighted by molar-refractivity contribution is 5.91. The van der Waals surface area contributed by atoms with Crippen LogP contribution in [0.4, 0.5) is 10.5 Å². The summed E-state index contributed by atoms with van der Waals surface area (Å²) >= 11 is 0. The second-order valence-corrected chi connectivity index (χ2v) is 10.1. The predicted molar refractivity (Wildman–Crippen MR) is 164 cm³/mol. The number of benzene rings is 4. The Morgan fingerprint density at radius 2 is 1.56 bits per heavy atom. The first-order chi connectivity index (χ1) is 19.9. The molecule has 7 nitrogen and oxygen atoms in total. The summed E-state index contributed by atoms with van der Waals surface area (Å²) in [6.07, 6.45) is 0.637. The number of para-hydroxylation sites is 4. The van der Waals surface area contributed by atoms with Crippen LogP contribution in [-0.4, -0.2) is 34.1 Å². The Labute approximate surface area is 240 Å². The van der Waals surface area contributed by atoms with Crippen LogP contribution in [-0.2, 0) is 6.42 Å². The first kappa shape index (κ1) is 27.6. The highest BCUT2D eigenvalue weighted by Gasteiger charge is 2.28. The van der Waals surface area contributed by atoms with Gasteiger partial charge in [-0.2, -0.15) is 0 Å². The molecule has 1 heterocycles. The minimum Gasteiger partial charge on any atom is -0.495 e. The van der Waals surface area contributed by atoms with Crippen LogP contribution in [0.3, 0.4) is 0 Å². The molecule has 0 aliphatic heterocycles. The summed E-state index contributed by atoms with van der Waals surface area (Å²) in [5.41, 5.74) is 4.76. The number of carbonyl (C=O) groups is 1. The molecule has 7 heteroatoms. The number of hydrogen-bond donors (Lipinski definition) is 1. The number of carbonyl (C=O) groups excluding carboxylic acids is 1. The van der Waals surface area contributed by atoms with Crippen LogP contribution < -0.4 is 15.6 Å². The first-order valence-electron chi connectivity index (χ1n) is 13.7. The van der Waals surface area contributed by atoms with Crippen molar-refractivity contribution in [3.8, 4) is 11.4 Å². The summed E-state index contributed by atoms with van der Waals surface area (Å²) in [5, 5.41) is 3.64. The number of aromatic nitrogens is 2. The first-order valence-corrected chi connectivity index (χ1v) is 13.7. The molecule has 0 saturated heterocycles.